The summed E-state index contributed by atoms with van der Waals surface area (Å²) in [5.74, 6) is 4.72. The van der Waals surface area contributed by atoms with Gasteiger partial charge in [-0.3, -0.25) is 0 Å². The minimum absolute atomic E-state index is 0.0672. The van der Waals surface area contributed by atoms with Gasteiger partial charge in [0.2, 0.25) is 0 Å². The van der Waals surface area contributed by atoms with Gasteiger partial charge < -0.3 is 4.57 Å². The molecule has 0 N–H and O–H groups in total. The molecule has 0 saturated carbocycles. The number of rotatable bonds is 3. The first-order valence-electron chi connectivity index (χ1n) is 6.64. The van der Waals surface area contributed by atoms with E-state index in [9.17, 15) is 0 Å². The number of halogens is 2. The van der Waals surface area contributed by atoms with Crippen LogP contribution in [0.2, 0.25) is 0 Å². The second kappa shape index (κ2) is 6.51. The molecule has 2 heterocycles. The molecule has 2 atom stereocenters. The lowest BCUT2D eigenvalue weighted by Crippen LogP contribution is -2.21. The molecule has 0 spiro atoms. The van der Waals surface area contributed by atoms with Gasteiger partial charge in [0.15, 0.2) is 0 Å². The van der Waals surface area contributed by atoms with Gasteiger partial charge >= 0.3 is 0 Å². The quantitative estimate of drug-likeness (QED) is 0.690. The van der Waals surface area contributed by atoms with Crippen LogP contribution in [-0.2, 0) is 6.54 Å². The highest BCUT2D eigenvalue weighted by Crippen LogP contribution is 2.31. The minimum atomic E-state index is -0.0672. The van der Waals surface area contributed by atoms with Gasteiger partial charge in [-0.15, -0.1) is 11.6 Å². The fourth-order valence-corrected chi connectivity index (χ4v) is 5.62. The third-order valence-corrected chi connectivity index (χ3v) is 6.88. The molecule has 1 saturated heterocycles. The number of thioether (sulfide) groups is 2. The first-order chi connectivity index (χ1) is 9.65. The van der Waals surface area contributed by atoms with Crippen LogP contribution in [0, 0.1) is 0 Å². The van der Waals surface area contributed by atoms with Gasteiger partial charge in [0, 0.05) is 33.5 Å². The summed E-state index contributed by atoms with van der Waals surface area (Å²) >= 11 is 14.0. The monoisotopic (exact) mass is 390 g/mol. The summed E-state index contributed by atoms with van der Waals surface area (Å²) in [7, 11) is 0. The average Bonchev–Trinajstić information content (AvgIpc) is 2.78. The zero-order valence-corrected chi connectivity index (χ0v) is 15.2. The standard InChI is InChI=1S/C14H16BrClN2S2/c1-9(16)14-17-12-3-2-10(15)6-13(12)18(14)7-11-8-19-4-5-20-11/h2-3,6,9,11H,4-5,7-8H2,1H3. The molecule has 1 fully saturated rings. The summed E-state index contributed by atoms with van der Waals surface area (Å²) in [5, 5.41) is 0.585. The molecule has 2 nitrogen and oxygen atoms in total. The van der Waals surface area contributed by atoms with Crippen molar-refractivity contribution in [1.82, 2.24) is 9.55 Å². The largest absolute Gasteiger partial charge is 0.326 e. The van der Waals surface area contributed by atoms with Gasteiger partial charge in [-0.25, -0.2) is 4.98 Å². The van der Waals surface area contributed by atoms with Crippen molar-refractivity contribution in [2.24, 2.45) is 0 Å². The molecule has 0 aliphatic carbocycles. The van der Waals surface area contributed by atoms with Crippen molar-refractivity contribution in [3.05, 3.63) is 28.5 Å². The molecule has 0 amide bonds. The number of aromatic nitrogens is 2. The Bertz CT molecular complexity index is 608. The van der Waals surface area contributed by atoms with E-state index < -0.39 is 0 Å². The summed E-state index contributed by atoms with van der Waals surface area (Å²) in [6.07, 6.45) is 0. The molecule has 1 aromatic heterocycles. The fourth-order valence-electron chi connectivity index (χ4n) is 2.46. The third kappa shape index (κ3) is 3.16. The predicted molar refractivity (Wildman–Crippen MR) is 95.3 cm³/mol. The van der Waals surface area contributed by atoms with E-state index in [0.717, 1.165) is 22.4 Å². The van der Waals surface area contributed by atoms with E-state index in [1.807, 2.05) is 13.0 Å². The van der Waals surface area contributed by atoms with Gasteiger partial charge in [0.1, 0.15) is 5.82 Å². The van der Waals surface area contributed by atoms with Crippen LogP contribution in [0.25, 0.3) is 11.0 Å². The van der Waals surface area contributed by atoms with Gasteiger partial charge in [0.25, 0.3) is 0 Å². The SMILES string of the molecule is CC(Cl)c1nc2ccc(Br)cc2n1CC1CSCCS1. The number of imidazole rings is 1. The van der Waals surface area contributed by atoms with Crippen LogP contribution in [0.1, 0.15) is 18.1 Å². The highest BCUT2D eigenvalue weighted by Gasteiger charge is 2.20. The highest BCUT2D eigenvalue weighted by molar-refractivity contribution is 9.10. The molecule has 1 aliphatic heterocycles. The van der Waals surface area contributed by atoms with Gasteiger partial charge in [-0.1, -0.05) is 15.9 Å². The number of hydrogen-bond donors (Lipinski definition) is 0. The Kier molecular flexibility index (Phi) is 4.90. The molecular weight excluding hydrogens is 376 g/mol. The minimum Gasteiger partial charge on any atom is -0.326 e. The van der Waals surface area contributed by atoms with E-state index in [-0.39, 0.29) is 5.38 Å². The lowest BCUT2D eigenvalue weighted by molar-refractivity contribution is 0.667. The van der Waals surface area contributed by atoms with Gasteiger partial charge in [-0.2, -0.15) is 23.5 Å². The first kappa shape index (κ1) is 15.1. The fraction of sp³-hybridized carbons (Fsp3) is 0.500. The van der Waals surface area contributed by atoms with E-state index in [1.54, 1.807) is 0 Å². The van der Waals surface area contributed by atoms with Crippen LogP contribution in [0.15, 0.2) is 22.7 Å². The molecule has 2 aromatic rings. The number of benzene rings is 1. The molecule has 3 rings (SSSR count). The van der Waals surface area contributed by atoms with Gasteiger partial charge in [-0.05, 0) is 25.1 Å². The maximum Gasteiger partial charge on any atom is 0.127 e. The Morgan fingerprint density at radius 2 is 2.35 bits per heavy atom. The van der Waals surface area contributed by atoms with Crippen molar-refractivity contribution >= 4 is 62.1 Å². The Morgan fingerprint density at radius 3 is 3.05 bits per heavy atom. The number of nitrogens with zero attached hydrogens (tertiary/aromatic N) is 2. The lowest BCUT2D eigenvalue weighted by Gasteiger charge is -2.23. The molecule has 0 bridgehead atoms. The molecule has 6 heteroatoms. The van der Waals surface area contributed by atoms with Crippen molar-refractivity contribution in [3.8, 4) is 0 Å². The molecule has 108 valence electrons. The lowest BCUT2D eigenvalue weighted by atomic mass is 10.3. The number of hydrogen-bond acceptors (Lipinski definition) is 3. The second-order valence-electron chi connectivity index (χ2n) is 4.90. The zero-order chi connectivity index (χ0) is 14.1. The van der Waals surface area contributed by atoms with Crippen molar-refractivity contribution in [2.45, 2.75) is 24.1 Å². The smallest absolute Gasteiger partial charge is 0.127 e. The van der Waals surface area contributed by atoms with Crippen LogP contribution in [0.3, 0.4) is 0 Å². The molecule has 1 aromatic carbocycles. The van der Waals surface area contributed by atoms with Crippen molar-refractivity contribution in [2.75, 3.05) is 17.3 Å². The molecular formula is C14H16BrClN2S2. The van der Waals surface area contributed by atoms with Gasteiger partial charge in [0.05, 0.1) is 16.4 Å². The van der Waals surface area contributed by atoms with E-state index in [2.05, 4.69) is 56.2 Å². The zero-order valence-electron chi connectivity index (χ0n) is 11.2. The predicted octanol–water partition coefficient (Wildman–Crippen LogP) is 4.95. The summed E-state index contributed by atoms with van der Waals surface area (Å²) in [6, 6.07) is 6.24. The van der Waals surface area contributed by atoms with Crippen LogP contribution in [0.5, 0.6) is 0 Å². The Labute approximate surface area is 141 Å². The highest BCUT2D eigenvalue weighted by atomic mass is 79.9. The summed E-state index contributed by atoms with van der Waals surface area (Å²) in [6.45, 7) is 2.99. The Balaban J connectivity index is 2.01. The number of fused-ring (bicyclic) bond motifs is 1. The summed E-state index contributed by atoms with van der Waals surface area (Å²) < 4.78 is 3.40. The Hall–Kier alpha value is 0.160. The first-order valence-corrected chi connectivity index (χ1v) is 10.1. The molecule has 20 heavy (non-hydrogen) atoms. The van der Waals surface area contributed by atoms with Crippen LogP contribution >= 0.6 is 51.1 Å². The van der Waals surface area contributed by atoms with E-state index in [0.29, 0.717) is 5.25 Å². The summed E-state index contributed by atoms with van der Waals surface area (Å²) in [4.78, 5) is 4.71. The van der Waals surface area contributed by atoms with E-state index in [1.165, 1.54) is 22.8 Å². The third-order valence-electron chi connectivity index (χ3n) is 3.37. The van der Waals surface area contributed by atoms with Crippen LogP contribution in [-0.4, -0.2) is 32.1 Å². The maximum atomic E-state index is 6.33. The van der Waals surface area contributed by atoms with Crippen LogP contribution in [0.4, 0.5) is 0 Å². The normalized spacial score (nSPS) is 21.2. The average molecular weight is 392 g/mol. The van der Waals surface area contributed by atoms with Crippen molar-refractivity contribution in [3.63, 3.8) is 0 Å². The van der Waals surface area contributed by atoms with Crippen molar-refractivity contribution in [1.29, 1.82) is 0 Å². The molecule has 1 aliphatic rings. The van der Waals surface area contributed by atoms with E-state index in [4.69, 9.17) is 16.6 Å². The molecule has 0 radical (unpaired) electrons. The van der Waals surface area contributed by atoms with E-state index >= 15 is 0 Å². The summed E-state index contributed by atoms with van der Waals surface area (Å²) in [5.41, 5.74) is 2.21. The van der Waals surface area contributed by atoms with Crippen LogP contribution < -0.4 is 0 Å². The maximum absolute atomic E-state index is 6.33. The number of alkyl halides is 1. The topological polar surface area (TPSA) is 17.8 Å². The second-order valence-corrected chi connectivity index (χ2v) is 9.03. The Morgan fingerprint density at radius 1 is 1.50 bits per heavy atom. The molecule has 2 unspecified atom stereocenters. The van der Waals surface area contributed by atoms with Crippen molar-refractivity contribution < 1.29 is 0 Å².